The average Bonchev–Trinajstić information content (AvgIpc) is 3.04. The number of nitrogens with zero attached hydrogens (tertiary/aromatic N) is 1. The van der Waals surface area contributed by atoms with Gasteiger partial charge >= 0.3 is 0 Å². The molecule has 5 nitrogen and oxygen atoms in total. The zero-order valence-corrected chi connectivity index (χ0v) is 15.0. The van der Waals surface area contributed by atoms with Crippen LogP contribution in [-0.4, -0.2) is 16.9 Å². The highest BCUT2D eigenvalue weighted by molar-refractivity contribution is 9.10. The number of hydrogen-bond donors (Lipinski definition) is 1. The van der Waals surface area contributed by atoms with E-state index >= 15 is 0 Å². The Morgan fingerprint density at radius 1 is 1.17 bits per heavy atom. The highest BCUT2D eigenvalue weighted by Gasteiger charge is 2.30. The molecule has 0 aliphatic heterocycles. The summed E-state index contributed by atoms with van der Waals surface area (Å²) in [4.78, 5) is 28.0. The Hall–Kier alpha value is -1.99. The Bertz CT molecular complexity index is 785. The molecule has 1 aliphatic carbocycles. The van der Waals surface area contributed by atoms with Gasteiger partial charge in [-0.2, -0.15) is 0 Å². The van der Waals surface area contributed by atoms with Gasteiger partial charge in [-0.05, 0) is 25.0 Å². The molecule has 0 fully saturated rings. The summed E-state index contributed by atoms with van der Waals surface area (Å²) in [5.41, 5.74) is 1.71. The second-order valence-electron chi connectivity index (χ2n) is 5.51. The van der Waals surface area contributed by atoms with Crippen molar-refractivity contribution in [2.45, 2.75) is 12.8 Å². The van der Waals surface area contributed by atoms with Crippen LogP contribution in [0.25, 0.3) is 11.3 Å². The van der Waals surface area contributed by atoms with E-state index in [1.165, 1.54) is 11.3 Å². The minimum Gasteiger partial charge on any atom is -0.550 e. The number of amides is 1. The van der Waals surface area contributed by atoms with Crippen molar-refractivity contribution in [2.24, 2.45) is 11.8 Å². The Morgan fingerprint density at radius 2 is 1.83 bits per heavy atom. The maximum atomic E-state index is 12.4. The molecular weight excluding hydrogens is 392 g/mol. The monoisotopic (exact) mass is 405 g/mol. The molecule has 0 radical (unpaired) electrons. The van der Waals surface area contributed by atoms with E-state index in [-0.39, 0.29) is 5.91 Å². The normalized spacial score (nSPS) is 19.9. The molecule has 0 spiro atoms. The number of carbonyl (C=O) groups excluding carboxylic acids is 2. The number of hydrogen-bond acceptors (Lipinski definition) is 5. The van der Waals surface area contributed by atoms with E-state index in [2.05, 4.69) is 26.2 Å². The molecule has 0 bridgehead atoms. The van der Waals surface area contributed by atoms with Gasteiger partial charge in [-0.3, -0.25) is 4.79 Å². The van der Waals surface area contributed by atoms with Crippen molar-refractivity contribution in [3.63, 3.8) is 0 Å². The molecule has 1 aromatic heterocycles. The van der Waals surface area contributed by atoms with Crippen molar-refractivity contribution in [1.82, 2.24) is 4.98 Å². The van der Waals surface area contributed by atoms with Gasteiger partial charge in [0, 0.05) is 27.3 Å². The molecule has 1 amide bonds. The number of thiazole rings is 1. The first-order chi connectivity index (χ1) is 11.5. The van der Waals surface area contributed by atoms with Crippen LogP contribution in [0.5, 0.6) is 0 Å². The Balaban J connectivity index is 1.72. The molecule has 1 aromatic carbocycles. The standard InChI is InChI=1S/C17H15BrN2O3S/c18-11-7-5-10(6-8-11)14-9-24-17(19-14)20-15(21)12-3-1-2-4-13(12)16(22)23/h1-2,5-9,12-13H,3-4H2,(H,22,23)(H,19,20,21)/p-1/t12-,13-/m1/s1. The molecule has 124 valence electrons. The summed E-state index contributed by atoms with van der Waals surface area (Å²) in [6.45, 7) is 0. The predicted molar refractivity (Wildman–Crippen MR) is 94.2 cm³/mol. The fraction of sp³-hybridized carbons (Fsp3) is 0.235. The van der Waals surface area contributed by atoms with E-state index in [0.717, 1.165) is 15.7 Å². The van der Waals surface area contributed by atoms with Crippen LogP contribution >= 0.6 is 27.3 Å². The molecule has 1 aliphatic rings. The minimum atomic E-state index is -1.19. The van der Waals surface area contributed by atoms with E-state index in [9.17, 15) is 14.7 Å². The van der Waals surface area contributed by atoms with Crippen LogP contribution in [0.3, 0.4) is 0 Å². The fourth-order valence-corrected chi connectivity index (χ4v) is 3.63. The lowest BCUT2D eigenvalue weighted by molar-refractivity contribution is -0.313. The van der Waals surface area contributed by atoms with Crippen molar-refractivity contribution in [2.75, 3.05) is 5.32 Å². The van der Waals surface area contributed by atoms with Gasteiger partial charge in [0.25, 0.3) is 0 Å². The van der Waals surface area contributed by atoms with Crippen LogP contribution in [-0.2, 0) is 9.59 Å². The van der Waals surface area contributed by atoms with Crippen LogP contribution < -0.4 is 10.4 Å². The van der Waals surface area contributed by atoms with Crippen molar-refractivity contribution in [3.05, 3.63) is 46.3 Å². The van der Waals surface area contributed by atoms with Gasteiger partial charge in [0.2, 0.25) is 5.91 Å². The summed E-state index contributed by atoms with van der Waals surface area (Å²) in [7, 11) is 0. The molecule has 24 heavy (non-hydrogen) atoms. The summed E-state index contributed by atoms with van der Waals surface area (Å²) in [6.07, 6.45) is 4.33. The molecule has 3 rings (SSSR count). The number of nitrogens with one attached hydrogen (secondary N) is 1. The summed E-state index contributed by atoms with van der Waals surface area (Å²) in [5, 5.41) is 16.2. The number of carbonyl (C=O) groups is 2. The topological polar surface area (TPSA) is 82.1 Å². The highest BCUT2D eigenvalue weighted by atomic mass is 79.9. The van der Waals surface area contributed by atoms with Crippen LogP contribution in [0.4, 0.5) is 5.13 Å². The maximum absolute atomic E-state index is 12.4. The van der Waals surface area contributed by atoms with Gasteiger partial charge in [0.1, 0.15) is 0 Å². The molecule has 7 heteroatoms. The van der Waals surface area contributed by atoms with E-state index in [0.29, 0.717) is 18.0 Å². The quantitative estimate of drug-likeness (QED) is 0.792. The summed E-state index contributed by atoms with van der Waals surface area (Å²) >= 11 is 4.70. The van der Waals surface area contributed by atoms with Gasteiger partial charge in [0.15, 0.2) is 5.13 Å². The summed E-state index contributed by atoms with van der Waals surface area (Å²) in [5.74, 6) is -2.93. The van der Waals surface area contributed by atoms with Gasteiger partial charge in [-0.25, -0.2) is 4.98 Å². The van der Waals surface area contributed by atoms with Crippen molar-refractivity contribution in [3.8, 4) is 11.3 Å². The Morgan fingerprint density at radius 3 is 2.50 bits per heavy atom. The molecular formula is C17H14BrN2O3S-. The van der Waals surface area contributed by atoms with E-state index in [1.807, 2.05) is 35.7 Å². The zero-order chi connectivity index (χ0) is 17.1. The number of anilines is 1. The van der Waals surface area contributed by atoms with Crippen LogP contribution in [0.2, 0.25) is 0 Å². The van der Waals surface area contributed by atoms with Gasteiger partial charge in [-0.1, -0.05) is 40.2 Å². The van der Waals surface area contributed by atoms with Crippen LogP contribution in [0.1, 0.15) is 12.8 Å². The fourth-order valence-electron chi connectivity index (χ4n) is 2.65. The SMILES string of the molecule is O=C([O-])[C@@H]1CC=CC[C@H]1C(=O)Nc1nc(-c2ccc(Br)cc2)cs1. The molecule has 2 aromatic rings. The molecule has 0 unspecified atom stereocenters. The summed E-state index contributed by atoms with van der Waals surface area (Å²) < 4.78 is 0.980. The highest BCUT2D eigenvalue weighted by Crippen LogP contribution is 2.29. The van der Waals surface area contributed by atoms with Crippen LogP contribution in [0.15, 0.2) is 46.3 Å². The number of rotatable bonds is 4. The largest absolute Gasteiger partial charge is 0.550 e. The third-order valence-electron chi connectivity index (χ3n) is 3.95. The number of allylic oxidation sites excluding steroid dienone is 2. The first-order valence-corrected chi connectivity index (χ1v) is 9.10. The lowest BCUT2D eigenvalue weighted by atomic mass is 9.82. The Labute approximate surface area is 151 Å². The van der Waals surface area contributed by atoms with E-state index in [1.54, 1.807) is 6.08 Å². The Kier molecular flexibility index (Phi) is 5.11. The summed E-state index contributed by atoms with van der Waals surface area (Å²) in [6, 6.07) is 7.71. The number of carboxylic acid groups (broad SMARTS) is 1. The maximum Gasteiger partial charge on any atom is 0.230 e. The number of aromatic nitrogens is 1. The first kappa shape index (κ1) is 16.9. The minimum absolute atomic E-state index is 0.322. The van der Waals surface area contributed by atoms with E-state index < -0.39 is 17.8 Å². The number of benzene rings is 1. The van der Waals surface area contributed by atoms with Crippen LogP contribution in [0, 0.1) is 11.8 Å². The lowest BCUT2D eigenvalue weighted by Crippen LogP contribution is -2.41. The number of aliphatic carboxylic acids is 1. The number of carboxylic acids is 1. The third kappa shape index (κ3) is 3.73. The smallest absolute Gasteiger partial charge is 0.230 e. The molecule has 2 atom stereocenters. The third-order valence-corrected chi connectivity index (χ3v) is 5.23. The van der Waals surface area contributed by atoms with Crippen molar-refractivity contribution in [1.29, 1.82) is 0 Å². The van der Waals surface area contributed by atoms with Gasteiger partial charge in [0.05, 0.1) is 11.6 Å². The van der Waals surface area contributed by atoms with Crippen molar-refractivity contribution >= 4 is 44.3 Å². The first-order valence-electron chi connectivity index (χ1n) is 7.43. The second-order valence-corrected chi connectivity index (χ2v) is 7.28. The van der Waals surface area contributed by atoms with Crippen molar-refractivity contribution < 1.29 is 14.7 Å². The second kappa shape index (κ2) is 7.27. The molecule has 0 saturated carbocycles. The molecule has 1 N–H and O–H groups in total. The lowest BCUT2D eigenvalue weighted by Gasteiger charge is -2.27. The van der Waals surface area contributed by atoms with Gasteiger partial charge in [-0.15, -0.1) is 11.3 Å². The van der Waals surface area contributed by atoms with E-state index in [4.69, 9.17) is 0 Å². The number of halogens is 1. The molecule has 1 heterocycles. The zero-order valence-electron chi connectivity index (χ0n) is 12.6. The average molecular weight is 406 g/mol. The predicted octanol–water partition coefficient (Wildman–Crippen LogP) is 2.84. The van der Waals surface area contributed by atoms with Gasteiger partial charge < -0.3 is 15.2 Å². The molecule has 0 saturated heterocycles.